The van der Waals surface area contributed by atoms with E-state index in [1.165, 1.54) is 0 Å². The van der Waals surface area contributed by atoms with Crippen molar-refractivity contribution in [2.24, 2.45) is 0 Å². The maximum Gasteiger partial charge on any atom is 0.224 e. The Hall–Kier alpha value is -3.09. The van der Waals surface area contributed by atoms with Crippen LogP contribution >= 0.6 is 0 Å². The first kappa shape index (κ1) is 13.9. The number of nitrogens with zero attached hydrogens (tertiary/aromatic N) is 5. The van der Waals surface area contributed by atoms with Crippen LogP contribution < -0.4 is 5.32 Å². The summed E-state index contributed by atoms with van der Waals surface area (Å²) >= 11 is 0. The van der Waals surface area contributed by atoms with E-state index in [0.717, 1.165) is 11.3 Å². The van der Waals surface area contributed by atoms with E-state index < -0.39 is 0 Å². The lowest BCUT2D eigenvalue weighted by molar-refractivity contribution is -0.120. The Morgan fingerprint density at radius 2 is 2.00 bits per heavy atom. The van der Waals surface area contributed by atoms with Crippen LogP contribution in [-0.4, -0.2) is 30.9 Å². The third kappa shape index (κ3) is 3.51. The van der Waals surface area contributed by atoms with Crippen LogP contribution in [0.1, 0.15) is 11.3 Å². The highest BCUT2D eigenvalue weighted by atomic mass is 16.1. The standard InChI is InChI=1S/C15H14N6O/c22-15(8-12-2-1-5-17-9-12)18-10-13-11-21(20-19-13)14-3-6-16-7-4-14/h1-7,9,11H,8,10H2,(H,18,22). The zero-order chi connectivity index (χ0) is 15.2. The number of hydrogen-bond acceptors (Lipinski definition) is 5. The number of amides is 1. The summed E-state index contributed by atoms with van der Waals surface area (Å²) < 4.78 is 1.64. The van der Waals surface area contributed by atoms with Crippen molar-refractivity contribution in [2.45, 2.75) is 13.0 Å². The van der Waals surface area contributed by atoms with Gasteiger partial charge in [0.25, 0.3) is 0 Å². The van der Waals surface area contributed by atoms with E-state index in [1.807, 2.05) is 24.3 Å². The van der Waals surface area contributed by atoms with Gasteiger partial charge in [0.1, 0.15) is 5.69 Å². The molecule has 0 aliphatic carbocycles. The van der Waals surface area contributed by atoms with Crippen LogP contribution in [0.25, 0.3) is 5.69 Å². The average molecular weight is 294 g/mol. The molecule has 3 heterocycles. The number of rotatable bonds is 5. The van der Waals surface area contributed by atoms with Crippen LogP contribution in [0.4, 0.5) is 0 Å². The van der Waals surface area contributed by atoms with E-state index in [0.29, 0.717) is 18.7 Å². The lowest BCUT2D eigenvalue weighted by atomic mass is 10.2. The van der Waals surface area contributed by atoms with Crippen molar-refractivity contribution in [1.82, 2.24) is 30.3 Å². The predicted octanol–water partition coefficient (Wildman–Crippen LogP) is 0.916. The quantitative estimate of drug-likeness (QED) is 0.756. The topological polar surface area (TPSA) is 85.6 Å². The maximum atomic E-state index is 11.9. The molecule has 0 aliphatic heterocycles. The second-order valence-electron chi connectivity index (χ2n) is 4.67. The minimum atomic E-state index is -0.0774. The molecular formula is C15H14N6O. The maximum absolute atomic E-state index is 11.9. The van der Waals surface area contributed by atoms with Crippen molar-refractivity contribution < 1.29 is 4.79 Å². The van der Waals surface area contributed by atoms with Gasteiger partial charge in [-0.05, 0) is 23.8 Å². The van der Waals surface area contributed by atoms with Crippen LogP contribution in [-0.2, 0) is 17.8 Å². The molecule has 3 aromatic rings. The molecule has 0 aromatic carbocycles. The molecule has 7 nitrogen and oxygen atoms in total. The Bertz CT molecular complexity index is 741. The zero-order valence-electron chi connectivity index (χ0n) is 11.8. The van der Waals surface area contributed by atoms with Crippen molar-refractivity contribution in [2.75, 3.05) is 0 Å². The van der Waals surface area contributed by atoms with Crippen molar-refractivity contribution in [3.63, 3.8) is 0 Å². The predicted molar refractivity (Wildman–Crippen MR) is 78.9 cm³/mol. The lowest BCUT2D eigenvalue weighted by Gasteiger charge is -2.02. The molecule has 3 aromatic heterocycles. The summed E-state index contributed by atoms with van der Waals surface area (Å²) in [5.41, 5.74) is 2.44. The van der Waals surface area contributed by atoms with Gasteiger partial charge >= 0.3 is 0 Å². The fourth-order valence-electron chi connectivity index (χ4n) is 1.94. The molecule has 7 heteroatoms. The van der Waals surface area contributed by atoms with Gasteiger partial charge in [0.15, 0.2) is 0 Å². The molecule has 0 unspecified atom stereocenters. The second-order valence-corrected chi connectivity index (χ2v) is 4.67. The molecule has 0 saturated carbocycles. The minimum absolute atomic E-state index is 0.0774. The lowest BCUT2D eigenvalue weighted by Crippen LogP contribution is -2.24. The average Bonchev–Trinajstić information content (AvgIpc) is 3.04. The number of carbonyl (C=O) groups is 1. The van der Waals surface area contributed by atoms with E-state index in [-0.39, 0.29) is 5.91 Å². The highest BCUT2D eigenvalue weighted by Crippen LogP contribution is 2.04. The Kier molecular flexibility index (Phi) is 4.15. The van der Waals surface area contributed by atoms with Crippen LogP contribution in [0.2, 0.25) is 0 Å². The first-order chi connectivity index (χ1) is 10.8. The van der Waals surface area contributed by atoms with E-state index in [9.17, 15) is 4.79 Å². The van der Waals surface area contributed by atoms with Crippen molar-refractivity contribution in [3.05, 3.63) is 66.5 Å². The van der Waals surface area contributed by atoms with Gasteiger partial charge in [-0.2, -0.15) is 0 Å². The smallest absolute Gasteiger partial charge is 0.224 e. The molecule has 0 spiro atoms. The molecule has 0 bridgehead atoms. The molecule has 110 valence electrons. The summed E-state index contributed by atoms with van der Waals surface area (Å²) in [6.07, 6.45) is 8.81. The number of pyridine rings is 2. The van der Waals surface area contributed by atoms with Gasteiger partial charge in [0.2, 0.25) is 5.91 Å². The van der Waals surface area contributed by atoms with Gasteiger partial charge in [-0.25, -0.2) is 4.68 Å². The molecular weight excluding hydrogens is 280 g/mol. The largest absolute Gasteiger partial charge is 0.350 e. The number of aromatic nitrogens is 5. The summed E-state index contributed by atoms with van der Waals surface area (Å²) in [7, 11) is 0. The molecule has 22 heavy (non-hydrogen) atoms. The van der Waals surface area contributed by atoms with Gasteiger partial charge in [0, 0.05) is 24.8 Å². The SMILES string of the molecule is O=C(Cc1cccnc1)NCc1cn(-c2ccncc2)nn1. The third-order valence-electron chi connectivity index (χ3n) is 3.02. The van der Waals surface area contributed by atoms with Gasteiger partial charge in [-0.15, -0.1) is 5.10 Å². The Morgan fingerprint density at radius 3 is 2.77 bits per heavy atom. The summed E-state index contributed by atoms with van der Waals surface area (Å²) in [5.74, 6) is -0.0774. The van der Waals surface area contributed by atoms with Gasteiger partial charge in [-0.3, -0.25) is 14.8 Å². The normalized spacial score (nSPS) is 10.4. The van der Waals surface area contributed by atoms with Crippen LogP contribution in [0, 0.1) is 0 Å². The van der Waals surface area contributed by atoms with E-state index in [2.05, 4.69) is 25.6 Å². The molecule has 0 aliphatic rings. The van der Waals surface area contributed by atoms with Gasteiger partial charge < -0.3 is 5.32 Å². The van der Waals surface area contributed by atoms with E-state index in [1.54, 1.807) is 35.7 Å². The zero-order valence-corrected chi connectivity index (χ0v) is 11.8. The summed E-state index contributed by atoms with van der Waals surface area (Å²) in [6, 6.07) is 7.34. The monoisotopic (exact) mass is 294 g/mol. The Morgan fingerprint density at radius 1 is 1.14 bits per heavy atom. The first-order valence-corrected chi connectivity index (χ1v) is 6.78. The molecule has 0 atom stereocenters. The van der Waals surface area contributed by atoms with E-state index in [4.69, 9.17) is 0 Å². The van der Waals surface area contributed by atoms with Crippen molar-refractivity contribution >= 4 is 5.91 Å². The summed E-state index contributed by atoms with van der Waals surface area (Å²) in [5, 5.41) is 10.9. The van der Waals surface area contributed by atoms with Crippen molar-refractivity contribution in [3.8, 4) is 5.69 Å². The summed E-state index contributed by atoms with van der Waals surface area (Å²) in [6.45, 7) is 0.337. The fourth-order valence-corrected chi connectivity index (χ4v) is 1.94. The summed E-state index contributed by atoms with van der Waals surface area (Å²) in [4.78, 5) is 19.8. The Labute approximate surface area is 127 Å². The van der Waals surface area contributed by atoms with E-state index >= 15 is 0 Å². The first-order valence-electron chi connectivity index (χ1n) is 6.78. The van der Waals surface area contributed by atoms with Crippen LogP contribution in [0.5, 0.6) is 0 Å². The molecule has 1 amide bonds. The third-order valence-corrected chi connectivity index (χ3v) is 3.02. The molecule has 3 rings (SSSR count). The minimum Gasteiger partial charge on any atom is -0.350 e. The fraction of sp³-hybridized carbons (Fsp3) is 0.133. The number of nitrogens with one attached hydrogen (secondary N) is 1. The molecule has 1 N–H and O–H groups in total. The molecule has 0 radical (unpaired) electrons. The molecule has 0 fully saturated rings. The van der Waals surface area contributed by atoms with Crippen LogP contribution in [0.3, 0.4) is 0 Å². The highest BCUT2D eigenvalue weighted by molar-refractivity contribution is 5.78. The number of hydrogen-bond donors (Lipinski definition) is 1. The van der Waals surface area contributed by atoms with Crippen LogP contribution in [0.15, 0.2) is 55.2 Å². The number of carbonyl (C=O) groups excluding carboxylic acids is 1. The second kappa shape index (κ2) is 6.57. The Balaban J connectivity index is 1.56. The van der Waals surface area contributed by atoms with Gasteiger partial charge in [-0.1, -0.05) is 11.3 Å². The van der Waals surface area contributed by atoms with Gasteiger partial charge in [0.05, 0.1) is 24.8 Å². The van der Waals surface area contributed by atoms with Crippen molar-refractivity contribution in [1.29, 1.82) is 0 Å². The molecule has 0 saturated heterocycles. The highest BCUT2D eigenvalue weighted by Gasteiger charge is 2.06.